The maximum absolute atomic E-state index is 12.0. The van der Waals surface area contributed by atoms with Gasteiger partial charge in [-0.2, -0.15) is 16.8 Å². The Balaban J connectivity index is 2.26. The van der Waals surface area contributed by atoms with Crippen LogP contribution in [0.1, 0.15) is 0 Å². The fourth-order valence-electron chi connectivity index (χ4n) is 2.83. The Hall–Kier alpha value is -2.83. The number of azo groups is 1. The molecule has 33 heavy (non-hydrogen) atoms. The largest absolute Gasteiger partial charge is 0.397 e. The monoisotopic (exact) mass is 516 g/mol. The number of hydrogen-bond donors (Lipinski definition) is 5. The van der Waals surface area contributed by atoms with Gasteiger partial charge in [-0.3, -0.25) is 9.11 Å². The summed E-state index contributed by atoms with van der Waals surface area (Å²) in [5.41, 5.74) is 6.57. The van der Waals surface area contributed by atoms with Crippen LogP contribution in [0.25, 0.3) is 10.8 Å². The summed E-state index contributed by atoms with van der Waals surface area (Å²) in [4.78, 5) is -1.30. The highest BCUT2D eigenvalue weighted by molar-refractivity contribution is 7.94. The highest BCUT2D eigenvalue weighted by Gasteiger charge is 2.22. The lowest BCUT2D eigenvalue weighted by atomic mass is 10.1. The molecule has 0 aliphatic heterocycles. The number of nitrogens with zero attached hydrogens (tertiary/aromatic N) is 2. The molecule has 176 valence electrons. The summed E-state index contributed by atoms with van der Waals surface area (Å²) in [5.74, 6) is 0. The van der Waals surface area contributed by atoms with Gasteiger partial charge in [0, 0.05) is 23.0 Å². The normalized spacial score (nSPS) is 12.5. The molecule has 0 aromatic heterocycles. The van der Waals surface area contributed by atoms with Gasteiger partial charge in [-0.25, -0.2) is 5.26 Å². The Morgan fingerprint density at radius 2 is 1.61 bits per heavy atom. The first-order valence-corrected chi connectivity index (χ1v) is 12.3. The number of hydrogen-bond acceptors (Lipinski definition) is 12. The van der Waals surface area contributed by atoms with Crippen LogP contribution in [0.3, 0.4) is 0 Å². The van der Waals surface area contributed by atoms with Crippen LogP contribution in [0.2, 0.25) is 0 Å². The molecule has 16 heteroatoms. The maximum atomic E-state index is 12.0. The van der Waals surface area contributed by atoms with Gasteiger partial charge < -0.3 is 11.1 Å². The lowest BCUT2D eigenvalue weighted by molar-refractivity contribution is -0.432. The van der Waals surface area contributed by atoms with Crippen molar-refractivity contribution >= 4 is 65.8 Å². The molecule has 6 N–H and O–H groups in total. The van der Waals surface area contributed by atoms with Crippen LogP contribution in [-0.2, 0) is 29.6 Å². The minimum atomic E-state index is -4.84. The van der Waals surface area contributed by atoms with Gasteiger partial charge in [0.1, 0.15) is 21.2 Å². The van der Waals surface area contributed by atoms with E-state index in [1.54, 1.807) is 19.2 Å². The van der Waals surface area contributed by atoms with Gasteiger partial charge in [0.05, 0.1) is 17.7 Å². The van der Waals surface area contributed by atoms with E-state index in [9.17, 15) is 25.9 Å². The topological polar surface area (TPSA) is 210 Å². The Morgan fingerprint density at radius 3 is 2.18 bits per heavy atom. The summed E-state index contributed by atoms with van der Waals surface area (Å²) < 4.78 is 71.4. The minimum absolute atomic E-state index is 0.0113. The number of benzene rings is 3. The lowest BCUT2D eigenvalue weighted by Crippen LogP contribution is -2.02. The fourth-order valence-corrected chi connectivity index (χ4v) is 4.72. The first-order valence-electron chi connectivity index (χ1n) is 8.64. The Kier molecular flexibility index (Phi) is 7.20. The first kappa shape index (κ1) is 24.8. The molecule has 3 rings (SSSR count). The third-order valence-electron chi connectivity index (χ3n) is 4.27. The zero-order valence-corrected chi connectivity index (χ0v) is 19.0. The third kappa shape index (κ3) is 5.75. The van der Waals surface area contributed by atoms with Crippen molar-refractivity contribution in [1.29, 1.82) is 0 Å². The summed E-state index contributed by atoms with van der Waals surface area (Å²) in [6.45, 7) is 0. The first-order chi connectivity index (χ1) is 15.4. The van der Waals surface area contributed by atoms with E-state index in [0.29, 0.717) is 17.7 Å². The molecule has 0 heterocycles. The molecule has 0 atom stereocenters. The summed E-state index contributed by atoms with van der Waals surface area (Å²) in [7, 11) is -7.96. The third-order valence-corrected chi connectivity index (χ3v) is 6.60. The Morgan fingerprint density at radius 1 is 0.939 bits per heavy atom. The summed E-state index contributed by atoms with van der Waals surface area (Å²) >= 11 is 0.374. The molecule has 0 bridgehead atoms. The maximum Gasteiger partial charge on any atom is 0.296 e. The van der Waals surface area contributed by atoms with Gasteiger partial charge in [-0.05, 0) is 47.9 Å². The predicted octanol–water partition coefficient (Wildman–Crippen LogP) is 3.80. The van der Waals surface area contributed by atoms with Crippen molar-refractivity contribution in [2.45, 2.75) is 14.7 Å². The van der Waals surface area contributed by atoms with E-state index in [1.165, 1.54) is 12.1 Å². The van der Waals surface area contributed by atoms with E-state index in [0.717, 1.165) is 18.2 Å². The van der Waals surface area contributed by atoms with Crippen LogP contribution in [0.15, 0.2) is 67.4 Å². The minimum Gasteiger partial charge on any atom is -0.397 e. The van der Waals surface area contributed by atoms with E-state index in [1.807, 2.05) is 0 Å². The number of nitrogen functional groups attached to an aromatic ring is 1. The van der Waals surface area contributed by atoms with Crippen molar-refractivity contribution in [2.75, 3.05) is 18.1 Å². The molecule has 13 nitrogen and oxygen atoms in total. The van der Waals surface area contributed by atoms with Crippen molar-refractivity contribution in [3.05, 3.63) is 42.5 Å². The van der Waals surface area contributed by atoms with Gasteiger partial charge in [0.2, 0.25) is 0 Å². The zero-order chi connectivity index (χ0) is 24.4. The average Bonchev–Trinajstić information content (AvgIpc) is 2.74. The number of fused-ring (bicyclic) bond motifs is 1. The predicted molar refractivity (Wildman–Crippen MR) is 119 cm³/mol. The highest BCUT2D eigenvalue weighted by atomic mass is 32.2. The molecule has 0 aliphatic carbocycles. The molecule has 0 spiro atoms. The summed E-state index contributed by atoms with van der Waals surface area (Å²) in [6, 6.07) is 8.91. The molecular formula is C17H16N4O9S3. The smallest absolute Gasteiger partial charge is 0.296 e. The van der Waals surface area contributed by atoms with Crippen molar-refractivity contribution in [2.24, 2.45) is 10.2 Å². The molecule has 0 aliphatic rings. The molecule has 0 radical (unpaired) electrons. The molecule has 3 aromatic rings. The van der Waals surface area contributed by atoms with Crippen molar-refractivity contribution in [1.82, 2.24) is 0 Å². The van der Waals surface area contributed by atoms with Gasteiger partial charge in [0.15, 0.2) is 0 Å². The van der Waals surface area contributed by atoms with Gasteiger partial charge in [-0.1, -0.05) is 5.04 Å². The number of nitrogens with one attached hydrogen (secondary N) is 1. The highest BCUT2D eigenvalue weighted by Crippen LogP contribution is 2.37. The zero-order valence-electron chi connectivity index (χ0n) is 16.5. The van der Waals surface area contributed by atoms with Crippen molar-refractivity contribution < 1.29 is 40.6 Å². The standard InChI is InChI=1S/C17H16N4O9S3/c1-19-10-2-3-14(13(18)6-10)20-21-15-8-12-9(5-17(15)33(26,27)28)4-11(31-30-29-22)7-16(12)32(23,24)25/h2-8,19,22H,18H2,1H3,(H,23,24,25)(H,26,27,28). The van der Waals surface area contributed by atoms with Crippen molar-refractivity contribution in [3.8, 4) is 0 Å². The quantitative estimate of drug-likeness (QED) is 0.0722. The second-order valence-electron chi connectivity index (χ2n) is 6.36. The molecule has 3 aromatic carbocycles. The van der Waals surface area contributed by atoms with Crippen LogP contribution in [0.5, 0.6) is 0 Å². The van der Waals surface area contributed by atoms with Crippen LogP contribution < -0.4 is 11.1 Å². The molecule has 0 saturated heterocycles. The molecular weight excluding hydrogens is 500 g/mol. The van der Waals surface area contributed by atoms with Crippen LogP contribution in [0, 0.1) is 0 Å². The SMILES string of the molecule is CNc1ccc(N=Nc2cc3c(S(=O)(=O)O)cc(SOOO)cc3cc2S(=O)(=O)O)c(N)c1. The van der Waals surface area contributed by atoms with Crippen molar-refractivity contribution in [3.63, 3.8) is 0 Å². The Labute approximate surface area is 191 Å². The van der Waals surface area contributed by atoms with E-state index in [-0.39, 0.29) is 27.0 Å². The molecule has 0 saturated carbocycles. The van der Waals surface area contributed by atoms with E-state index < -0.39 is 35.7 Å². The lowest BCUT2D eigenvalue weighted by Gasteiger charge is -2.10. The molecule has 0 fully saturated rings. The van der Waals surface area contributed by atoms with Crippen LogP contribution in [0.4, 0.5) is 22.7 Å². The van der Waals surface area contributed by atoms with Gasteiger partial charge >= 0.3 is 0 Å². The van der Waals surface area contributed by atoms with E-state index in [4.69, 9.17) is 11.0 Å². The van der Waals surface area contributed by atoms with E-state index in [2.05, 4.69) is 24.9 Å². The number of nitrogens with two attached hydrogens (primary N) is 1. The fraction of sp³-hybridized carbons (Fsp3) is 0.0588. The van der Waals surface area contributed by atoms with Gasteiger partial charge in [-0.15, -0.1) is 14.6 Å². The average molecular weight is 517 g/mol. The van der Waals surface area contributed by atoms with Crippen LogP contribution in [-0.4, -0.2) is 38.2 Å². The Bertz CT molecular complexity index is 1460. The molecule has 0 amide bonds. The number of rotatable bonds is 8. The van der Waals surface area contributed by atoms with E-state index >= 15 is 0 Å². The van der Waals surface area contributed by atoms with Gasteiger partial charge in [0.25, 0.3) is 20.2 Å². The summed E-state index contributed by atoms with van der Waals surface area (Å²) in [5, 5.41) is 22.2. The molecule has 0 unspecified atom stereocenters. The second-order valence-corrected chi connectivity index (χ2v) is 9.92. The summed E-state index contributed by atoms with van der Waals surface area (Å²) in [6.07, 6.45) is 0. The number of anilines is 2. The second kappa shape index (κ2) is 9.57. The van der Waals surface area contributed by atoms with Crippen LogP contribution >= 0.6 is 12.0 Å².